The van der Waals surface area contributed by atoms with Crippen molar-refractivity contribution in [3.8, 4) is 22.3 Å². The number of rotatable bonds is 3. The van der Waals surface area contributed by atoms with Crippen molar-refractivity contribution < 1.29 is 22.0 Å². The Morgan fingerprint density at radius 2 is 1.19 bits per heavy atom. The van der Waals surface area contributed by atoms with Gasteiger partial charge in [-0.3, -0.25) is 0 Å². The molecule has 0 saturated carbocycles. The number of alkyl halides is 3. The third-order valence-corrected chi connectivity index (χ3v) is 4.84. The average Bonchev–Trinajstić information content (AvgIpc) is 2.55. The van der Waals surface area contributed by atoms with Crippen LogP contribution in [0.5, 0.6) is 0 Å². The van der Waals surface area contributed by atoms with Crippen LogP contribution in [0.2, 0.25) is 0 Å². The Morgan fingerprint density at radius 3 is 1.70 bits per heavy atom. The van der Waals surface area contributed by atoms with E-state index in [0.717, 1.165) is 16.7 Å². The van der Waals surface area contributed by atoms with Gasteiger partial charge in [-0.1, -0.05) is 30.3 Å². The van der Waals surface area contributed by atoms with Crippen molar-refractivity contribution in [2.75, 3.05) is 0 Å². The van der Waals surface area contributed by atoms with E-state index in [2.05, 4.69) is 0 Å². The van der Waals surface area contributed by atoms with Gasteiger partial charge in [0.1, 0.15) is 23.0 Å². The average molecular weight is 441 g/mol. The summed E-state index contributed by atoms with van der Waals surface area (Å²) in [6.07, 6.45) is 0. The molecular formula is C21H14BrF5. The first-order chi connectivity index (χ1) is 12.6. The third kappa shape index (κ3) is 3.90. The lowest BCUT2D eigenvalue weighted by Gasteiger charge is -2.13. The van der Waals surface area contributed by atoms with Gasteiger partial charge in [-0.15, -0.1) is 0 Å². The second kappa shape index (κ2) is 7.08. The van der Waals surface area contributed by atoms with Crippen molar-refractivity contribution in [1.82, 2.24) is 0 Å². The number of hydrogen-bond acceptors (Lipinski definition) is 0. The van der Waals surface area contributed by atoms with Crippen LogP contribution in [0.15, 0.2) is 48.5 Å². The zero-order valence-corrected chi connectivity index (χ0v) is 16.0. The number of benzene rings is 3. The fourth-order valence-corrected chi connectivity index (χ4v) is 3.23. The second-order valence-corrected chi connectivity index (χ2v) is 7.30. The molecule has 0 unspecified atom stereocenters. The summed E-state index contributed by atoms with van der Waals surface area (Å²) in [5, 5.41) is 0. The van der Waals surface area contributed by atoms with E-state index in [4.69, 9.17) is 0 Å². The van der Waals surface area contributed by atoms with Gasteiger partial charge in [0.25, 0.3) is 0 Å². The molecular weight excluding hydrogens is 427 g/mol. The first-order valence-corrected chi connectivity index (χ1v) is 8.81. The molecule has 0 aliphatic carbocycles. The third-order valence-electron chi connectivity index (χ3n) is 4.45. The number of halogens is 6. The number of hydrogen-bond donors (Lipinski definition) is 0. The summed E-state index contributed by atoms with van der Waals surface area (Å²) in [7, 11) is 0. The van der Waals surface area contributed by atoms with Crippen LogP contribution in [0.1, 0.15) is 16.7 Å². The lowest BCUT2D eigenvalue weighted by molar-refractivity contribution is 0.105. The molecule has 3 rings (SSSR count). The monoisotopic (exact) mass is 440 g/mol. The van der Waals surface area contributed by atoms with Gasteiger partial charge in [0.2, 0.25) is 0 Å². The van der Waals surface area contributed by atoms with Crippen molar-refractivity contribution in [2.45, 2.75) is 18.7 Å². The minimum absolute atomic E-state index is 0.0789. The van der Waals surface area contributed by atoms with Gasteiger partial charge in [-0.05, 0) is 75.8 Å². The highest BCUT2D eigenvalue weighted by molar-refractivity contribution is 9.09. The van der Waals surface area contributed by atoms with Crippen LogP contribution in [0.4, 0.5) is 22.0 Å². The van der Waals surface area contributed by atoms with Gasteiger partial charge in [-0.25, -0.2) is 13.2 Å². The van der Waals surface area contributed by atoms with Crippen molar-refractivity contribution in [3.63, 3.8) is 0 Å². The molecule has 0 nitrogen and oxygen atoms in total. The van der Waals surface area contributed by atoms with Crippen LogP contribution in [0.3, 0.4) is 0 Å². The Kier molecular flexibility index (Phi) is 5.12. The first-order valence-electron chi connectivity index (χ1n) is 8.01. The Morgan fingerprint density at radius 1 is 0.667 bits per heavy atom. The van der Waals surface area contributed by atoms with Crippen LogP contribution in [-0.4, -0.2) is 0 Å². The molecule has 0 aromatic heterocycles. The van der Waals surface area contributed by atoms with E-state index in [9.17, 15) is 22.0 Å². The number of aryl methyl sites for hydroxylation is 2. The van der Waals surface area contributed by atoms with E-state index in [1.54, 1.807) is 6.07 Å². The second-order valence-electron chi connectivity index (χ2n) is 6.31. The van der Waals surface area contributed by atoms with Crippen LogP contribution in [0.25, 0.3) is 22.3 Å². The van der Waals surface area contributed by atoms with E-state index in [-0.39, 0.29) is 11.1 Å². The molecule has 0 saturated heterocycles. The minimum atomic E-state index is -3.86. The van der Waals surface area contributed by atoms with Crippen molar-refractivity contribution in [1.29, 1.82) is 0 Å². The maximum absolute atomic E-state index is 14.6. The molecule has 3 aromatic carbocycles. The predicted molar refractivity (Wildman–Crippen MR) is 99.5 cm³/mol. The standard InChI is InChI=1S/C21H14BrF5/c1-11-3-4-13(7-12(11)2)14-5-6-16(17(23)8-14)15-9-18(24)20(19(25)10-15)21(22,26)27/h3-10H,1-2H3. The lowest BCUT2D eigenvalue weighted by Crippen LogP contribution is -2.09. The SMILES string of the molecule is Cc1ccc(-c2ccc(-c3cc(F)c(C(F)(F)Br)c(F)c3)c(F)c2)cc1C. The van der Waals surface area contributed by atoms with Gasteiger partial charge < -0.3 is 0 Å². The summed E-state index contributed by atoms with van der Waals surface area (Å²) in [4.78, 5) is -3.86. The highest BCUT2D eigenvalue weighted by Gasteiger charge is 2.35. The predicted octanol–water partition coefficient (Wildman–Crippen LogP) is 7.50. The normalized spacial score (nSPS) is 11.7. The Hall–Kier alpha value is -2.21. The molecule has 0 N–H and O–H groups in total. The molecule has 6 heteroatoms. The molecule has 3 aromatic rings. The van der Waals surface area contributed by atoms with Crippen molar-refractivity contribution >= 4 is 15.9 Å². The first kappa shape index (κ1) is 19.5. The molecule has 0 amide bonds. The summed E-state index contributed by atoms with van der Waals surface area (Å²) < 4.78 is 69.1. The van der Waals surface area contributed by atoms with E-state index in [0.29, 0.717) is 17.7 Å². The van der Waals surface area contributed by atoms with Gasteiger partial charge in [0.15, 0.2) is 0 Å². The Bertz CT molecular complexity index is 999. The summed E-state index contributed by atoms with van der Waals surface area (Å²) >= 11 is 1.94. The Labute approximate surface area is 161 Å². The highest BCUT2D eigenvalue weighted by Crippen LogP contribution is 2.40. The van der Waals surface area contributed by atoms with Gasteiger partial charge in [-0.2, -0.15) is 8.78 Å². The maximum Gasteiger partial charge on any atom is 0.332 e. The molecule has 0 aliphatic heterocycles. The molecule has 0 bridgehead atoms. The molecule has 27 heavy (non-hydrogen) atoms. The van der Waals surface area contributed by atoms with Crippen LogP contribution in [-0.2, 0) is 4.83 Å². The van der Waals surface area contributed by atoms with Gasteiger partial charge >= 0.3 is 4.83 Å². The van der Waals surface area contributed by atoms with Crippen LogP contribution < -0.4 is 0 Å². The van der Waals surface area contributed by atoms with Gasteiger partial charge in [0.05, 0.1) is 0 Å². The molecule has 140 valence electrons. The van der Waals surface area contributed by atoms with E-state index in [1.807, 2.05) is 48.0 Å². The highest BCUT2D eigenvalue weighted by atomic mass is 79.9. The summed E-state index contributed by atoms with van der Waals surface area (Å²) in [6, 6.07) is 11.3. The fraction of sp³-hybridized carbons (Fsp3) is 0.143. The topological polar surface area (TPSA) is 0 Å². The molecule has 0 fully saturated rings. The largest absolute Gasteiger partial charge is 0.332 e. The van der Waals surface area contributed by atoms with Gasteiger partial charge in [0, 0.05) is 5.56 Å². The van der Waals surface area contributed by atoms with Crippen LogP contribution in [0, 0.1) is 31.3 Å². The summed E-state index contributed by atoms with van der Waals surface area (Å²) in [6.45, 7) is 3.91. The molecule has 0 heterocycles. The quantitative estimate of drug-likeness (QED) is 0.292. The smallest absolute Gasteiger partial charge is 0.206 e. The maximum atomic E-state index is 14.6. The van der Waals surface area contributed by atoms with Crippen LogP contribution >= 0.6 is 15.9 Å². The lowest BCUT2D eigenvalue weighted by atomic mass is 9.96. The minimum Gasteiger partial charge on any atom is -0.206 e. The molecule has 0 spiro atoms. The molecule has 0 aliphatic rings. The van der Waals surface area contributed by atoms with E-state index < -0.39 is 27.8 Å². The van der Waals surface area contributed by atoms with E-state index >= 15 is 0 Å². The molecule has 0 atom stereocenters. The zero-order valence-electron chi connectivity index (χ0n) is 14.4. The van der Waals surface area contributed by atoms with E-state index in [1.165, 1.54) is 12.1 Å². The molecule has 0 radical (unpaired) electrons. The Balaban J connectivity index is 2.05. The van der Waals surface area contributed by atoms with Crippen molar-refractivity contribution in [2.24, 2.45) is 0 Å². The zero-order chi connectivity index (χ0) is 19.9. The fourth-order valence-electron chi connectivity index (χ4n) is 2.85. The summed E-state index contributed by atoms with van der Waals surface area (Å²) in [5.41, 5.74) is 1.91. The van der Waals surface area contributed by atoms with Crippen molar-refractivity contribution in [3.05, 3.63) is 82.7 Å². The summed E-state index contributed by atoms with van der Waals surface area (Å²) in [5.74, 6) is -3.61.